The Bertz CT molecular complexity index is 1200. The van der Waals surface area contributed by atoms with Gasteiger partial charge in [-0.25, -0.2) is 0 Å². The summed E-state index contributed by atoms with van der Waals surface area (Å²) in [6, 6.07) is 23.5. The summed E-state index contributed by atoms with van der Waals surface area (Å²) < 4.78 is 2.14. The van der Waals surface area contributed by atoms with E-state index in [2.05, 4.69) is 22.0 Å². The Labute approximate surface area is 184 Å². The predicted molar refractivity (Wildman–Crippen MR) is 123 cm³/mol. The van der Waals surface area contributed by atoms with Crippen LogP contribution in [0.15, 0.2) is 72.8 Å². The zero-order chi connectivity index (χ0) is 21.1. The molecule has 0 bridgehead atoms. The van der Waals surface area contributed by atoms with Crippen LogP contribution in [0.4, 0.5) is 5.82 Å². The van der Waals surface area contributed by atoms with Crippen LogP contribution in [0.3, 0.4) is 0 Å². The van der Waals surface area contributed by atoms with Crippen molar-refractivity contribution in [1.29, 1.82) is 0 Å². The van der Waals surface area contributed by atoms with E-state index in [0.29, 0.717) is 23.1 Å². The smallest absolute Gasteiger partial charge is 0.307 e. The molecule has 0 unspecified atom stereocenters. The molecular formula is C24H20Cl2N2O2. The normalized spacial score (nSPS) is 11.0. The summed E-state index contributed by atoms with van der Waals surface area (Å²) in [6.07, 6.45) is -0.0635. The Kier molecular flexibility index (Phi) is 5.98. The van der Waals surface area contributed by atoms with Crippen LogP contribution in [0.5, 0.6) is 0 Å². The number of nitrogens with one attached hydrogen (secondary N) is 1. The molecule has 0 spiro atoms. The number of aromatic nitrogens is 1. The van der Waals surface area contributed by atoms with Crippen molar-refractivity contribution in [1.82, 2.24) is 4.57 Å². The van der Waals surface area contributed by atoms with Crippen molar-refractivity contribution in [3.8, 4) is 0 Å². The number of halogens is 2. The molecular weight excluding hydrogens is 419 g/mol. The summed E-state index contributed by atoms with van der Waals surface area (Å²) >= 11 is 12.2. The van der Waals surface area contributed by atoms with Gasteiger partial charge in [0.15, 0.2) is 0 Å². The molecule has 152 valence electrons. The molecule has 0 aliphatic rings. The molecule has 0 amide bonds. The number of rotatable bonds is 7. The topological polar surface area (TPSA) is 54.3 Å². The summed E-state index contributed by atoms with van der Waals surface area (Å²) in [6.45, 7) is 1.12. The highest BCUT2D eigenvalue weighted by Gasteiger charge is 2.19. The third kappa shape index (κ3) is 4.30. The van der Waals surface area contributed by atoms with Gasteiger partial charge < -0.3 is 15.0 Å². The largest absolute Gasteiger partial charge is 0.481 e. The third-order valence-electron chi connectivity index (χ3n) is 5.03. The standard InChI is InChI=1S/C24H20Cl2N2O2/c25-20-11-10-17(12-21(20)26)14-27-24-19(13-23(29)30)18-8-4-5-9-22(18)28(24)15-16-6-2-1-3-7-16/h1-12,27H,13-15H2,(H,29,30). The van der Waals surface area contributed by atoms with Crippen molar-refractivity contribution >= 4 is 45.9 Å². The molecule has 0 saturated heterocycles. The Morgan fingerprint density at radius 2 is 1.63 bits per heavy atom. The van der Waals surface area contributed by atoms with E-state index in [1.807, 2.05) is 54.6 Å². The van der Waals surface area contributed by atoms with Crippen LogP contribution in [0, 0.1) is 0 Å². The SMILES string of the molecule is O=C(O)Cc1c(NCc2ccc(Cl)c(Cl)c2)n(Cc2ccccc2)c2ccccc12. The molecule has 4 nitrogen and oxygen atoms in total. The quantitative estimate of drug-likeness (QED) is 0.359. The first kappa shape index (κ1) is 20.3. The second-order valence-electron chi connectivity index (χ2n) is 7.09. The number of aliphatic carboxylic acids is 1. The van der Waals surface area contributed by atoms with Crippen molar-refractivity contribution in [2.45, 2.75) is 19.5 Å². The van der Waals surface area contributed by atoms with Gasteiger partial charge in [-0.2, -0.15) is 0 Å². The van der Waals surface area contributed by atoms with E-state index in [0.717, 1.165) is 33.4 Å². The summed E-state index contributed by atoms with van der Waals surface area (Å²) in [7, 11) is 0. The Morgan fingerprint density at radius 1 is 0.900 bits per heavy atom. The van der Waals surface area contributed by atoms with Crippen LogP contribution in [0.2, 0.25) is 10.0 Å². The highest BCUT2D eigenvalue weighted by Crippen LogP contribution is 2.32. The molecule has 0 atom stereocenters. The second kappa shape index (κ2) is 8.82. The van der Waals surface area contributed by atoms with Crippen molar-refractivity contribution < 1.29 is 9.90 Å². The molecule has 30 heavy (non-hydrogen) atoms. The minimum Gasteiger partial charge on any atom is -0.481 e. The molecule has 4 rings (SSSR count). The van der Waals surface area contributed by atoms with E-state index in [1.54, 1.807) is 6.07 Å². The first-order chi connectivity index (χ1) is 14.5. The monoisotopic (exact) mass is 438 g/mol. The fraction of sp³-hybridized carbons (Fsp3) is 0.125. The van der Waals surface area contributed by atoms with Crippen molar-refractivity contribution in [3.05, 3.63) is 99.5 Å². The number of carboxylic acid groups (broad SMARTS) is 1. The van der Waals surface area contributed by atoms with Gasteiger partial charge in [0.1, 0.15) is 5.82 Å². The Hall–Kier alpha value is -2.95. The van der Waals surface area contributed by atoms with E-state index >= 15 is 0 Å². The summed E-state index contributed by atoms with van der Waals surface area (Å²) in [5.41, 5.74) is 3.86. The van der Waals surface area contributed by atoms with Gasteiger partial charge in [-0.1, -0.05) is 77.8 Å². The van der Waals surface area contributed by atoms with Crippen LogP contribution >= 0.6 is 23.2 Å². The maximum Gasteiger partial charge on any atom is 0.307 e. The van der Waals surface area contributed by atoms with Gasteiger partial charge in [0.05, 0.1) is 22.0 Å². The van der Waals surface area contributed by atoms with Crippen LogP contribution < -0.4 is 5.32 Å². The summed E-state index contributed by atoms with van der Waals surface area (Å²) in [5, 5.41) is 14.9. The van der Waals surface area contributed by atoms with Gasteiger partial charge in [-0.15, -0.1) is 0 Å². The molecule has 1 aromatic heterocycles. The summed E-state index contributed by atoms with van der Waals surface area (Å²) in [5.74, 6) is -0.0660. The molecule has 6 heteroatoms. The van der Waals surface area contributed by atoms with Crippen LogP contribution in [0.1, 0.15) is 16.7 Å². The second-order valence-corrected chi connectivity index (χ2v) is 7.90. The first-order valence-corrected chi connectivity index (χ1v) is 10.3. The fourth-order valence-corrected chi connectivity index (χ4v) is 3.99. The highest BCUT2D eigenvalue weighted by atomic mass is 35.5. The average Bonchev–Trinajstić information content (AvgIpc) is 3.02. The number of para-hydroxylation sites is 1. The summed E-state index contributed by atoms with van der Waals surface area (Å²) in [4.78, 5) is 11.6. The van der Waals surface area contributed by atoms with Gasteiger partial charge in [-0.05, 0) is 29.3 Å². The third-order valence-corrected chi connectivity index (χ3v) is 5.77. The van der Waals surface area contributed by atoms with Crippen LogP contribution in [-0.4, -0.2) is 15.6 Å². The Morgan fingerprint density at radius 3 is 2.37 bits per heavy atom. The molecule has 0 aliphatic carbocycles. The molecule has 0 radical (unpaired) electrons. The number of nitrogens with zero attached hydrogens (tertiary/aromatic N) is 1. The van der Waals surface area contributed by atoms with Gasteiger partial charge >= 0.3 is 5.97 Å². The first-order valence-electron chi connectivity index (χ1n) is 9.56. The lowest BCUT2D eigenvalue weighted by atomic mass is 10.1. The van der Waals surface area contributed by atoms with Gasteiger partial charge in [0, 0.05) is 24.0 Å². The van der Waals surface area contributed by atoms with Gasteiger partial charge in [-0.3, -0.25) is 4.79 Å². The Balaban J connectivity index is 1.78. The van der Waals surface area contributed by atoms with Crippen molar-refractivity contribution in [2.75, 3.05) is 5.32 Å². The number of benzene rings is 3. The van der Waals surface area contributed by atoms with Crippen molar-refractivity contribution in [2.24, 2.45) is 0 Å². The molecule has 0 fully saturated rings. The maximum absolute atomic E-state index is 11.6. The lowest BCUT2D eigenvalue weighted by molar-refractivity contribution is -0.136. The van der Waals surface area contributed by atoms with E-state index in [-0.39, 0.29) is 6.42 Å². The van der Waals surface area contributed by atoms with Crippen LogP contribution in [0.25, 0.3) is 10.9 Å². The van der Waals surface area contributed by atoms with E-state index < -0.39 is 5.97 Å². The zero-order valence-corrected chi connectivity index (χ0v) is 17.6. The molecule has 4 aromatic rings. The van der Waals surface area contributed by atoms with E-state index in [1.165, 1.54) is 0 Å². The molecule has 0 saturated carbocycles. The van der Waals surface area contributed by atoms with Crippen LogP contribution in [-0.2, 0) is 24.3 Å². The van der Waals surface area contributed by atoms with E-state index in [9.17, 15) is 9.90 Å². The van der Waals surface area contributed by atoms with Gasteiger partial charge in [0.2, 0.25) is 0 Å². The lowest BCUT2D eigenvalue weighted by Crippen LogP contribution is -2.11. The van der Waals surface area contributed by atoms with Gasteiger partial charge in [0.25, 0.3) is 0 Å². The number of anilines is 1. The molecule has 1 heterocycles. The number of carbonyl (C=O) groups is 1. The zero-order valence-electron chi connectivity index (χ0n) is 16.1. The number of carboxylic acids is 1. The van der Waals surface area contributed by atoms with Crippen molar-refractivity contribution in [3.63, 3.8) is 0 Å². The predicted octanol–water partition coefficient (Wildman–Crippen LogP) is 6.24. The number of hydrogen-bond acceptors (Lipinski definition) is 2. The molecule has 0 aliphatic heterocycles. The lowest BCUT2D eigenvalue weighted by Gasteiger charge is -2.15. The van der Waals surface area contributed by atoms with E-state index in [4.69, 9.17) is 23.2 Å². The fourth-order valence-electron chi connectivity index (χ4n) is 3.67. The minimum absolute atomic E-state index is 0.0635. The number of fused-ring (bicyclic) bond motifs is 1. The maximum atomic E-state index is 11.6. The minimum atomic E-state index is -0.866. The molecule has 2 N–H and O–H groups in total. The average molecular weight is 439 g/mol. The molecule has 3 aromatic carbocycles. The highest BCUT2D eigenvalue weighted by molar-refractivity contribution is 6.42. The number of hydrogen-bond donors (Lipinski definition) is 2.